The topological polar surface area (TPSA) is 38.9 Å². The first-order valence-electron chi connectivity index (χ1n) is 18.6. The molecule has 0 radical (unpaired) electrons. The molecule has 0 aliphatic rings. The number of para-hydroxylation sites is 1. The summed E-state index contributed by atoms with van der Waals surface area (Å²) in [4.78, 5) is 10.2. The smallest absolute Gasteiger partial charge is 0.231 e. The van der Waals surface area contributed by atoms with Gasteiger partial charge in [-0.25, -0.2) is 4.98 Å². The highest BCUT2D eigenvalue weighted by molar-refractivity contribution is 6.10. The van der Waals surface area contributed by atoms with Crippen molar-refractivity contribution in [3.05, 3.63) is 206 Å². The van der Waals surface area contributed by atoms with Crippen LogP contribution in [-0.2, 0) is 0 Å². The zero-order valence-corrected chi connectivity index (χ0v) is 29.9. The molecular formula is C52H34N2O. The molecule has 10 aromatic rings. The lowest BCUT2D eigenvalue weighted by Gasteiger charge is -2.13. The molecule has 0 N–H and O–H groups in total. The summed E-state index contributed by atoms with van der Waals surface area (Å²) >= 11 is 0. The average Bonchev–Trinajstić information content (AvgIpc) is 3.66. The molecule has 10 rings (SSSR count). The van der Waals surface area contributed by atoms with Gasteiger partial charge in [-0.05, 0) is 92.0 Å². The summed E-state index contributed by atoms with van der Waals surface area (Å²) in [5.41, 5.74) is 15.9. The highest BCUT2D eigenvalue weighted by Gasteiger charge is 2.18. The molecule has 0 saturated heterocycles. The van der Waals surface area contributed by atoms with Gasteiger partial charge in [0.25, 0.3) is 0 Å². The molecule has 258 valence electrons. The second-order valence-corrected chi connectivity index (χ2v) is 13.8. The van der Waals surface area contributed by atoms with Crippen LogP contribution in [0.25, 0.3) is 100 Å². The Kier molecular flexibility index (Phi) is 8.16. The van der Waals surface area contributed by atoms with E-state index in [1.807, 2.05) is 36.4 Å². The minimum Gasteiger partial charge on any atom is -0.438 e. The Labute approximate surface area is 319 Å². The molecule has 8 aromatic carbocycles. The van der Waals surface area contributed by atoms with Crippen molar-refractivity contribution in [2.45, 2.75) is 0 Å². The molecule has 55 heavy (non-hydrogen) atoms. The molecule has 0 unspecified atom stereocenters. The van der Waals surface area contributed by atoms with E-state index < -0.39 is 0 Å². The van der Waals surface area contributed by atoms with Gasteiger partial charge < -0.3 is 4.42 Å². The molecule has 0 amide bonds. The van der Waals surface area contributed by atoms with Crippen LogP contribution in [0.4, 0.5) is 0 Å². The summed E-state index contributed by atoms with van der Waals surface area (Å²) in [5.74, 6) is 0.627. The third-order valence-corrected chi connectivity index (χ3v) is 10.3. The van der Waals surface area contributed by atoms with E-state index in [1.165, 1.54) is 33.4 Å². The quantitative estimate of drug-likeness (QED) is 0.166. The van der Waals surface area contributed by atoms with Crippen molar-refractivity contribution < 1.29 is 4.42 Å². The maximum Gasteiger partial charge on any atom is 0.231 e. The Morgan fingerprint density at radius 3 is 1.31 bits per heavy atom. The molecule has 0 fully saturated rings. The lowest BCUT2D eigenvalue weighted by molar-refractivity contribution is 0.653. The van der Waals surface area contributed by atoms with Crippen molar-refractivity contribution in [3.8, 4) is 78.3 Å². The van der Waals surface area contributed by atoms with Crippen LogP contribution in [0.1, 0.15) is 0 Å². The Balaban J connectivity index is 1.05. The SMILES string of the molecule is c1ccc(-c2ccc(-c3cc(-c4ccccc4)cc(-c4cccc(-c5cccc(-c6nc(-c7ccccc7)c7c(n6)oc6ccccc67)c5)c4)c3)cc2)cc1. The number of hydrogen-bond acceptors (Lipinski definition) is 3. The first-order valence-corrected chi connectivity index (χ1v) is 18.6. The Morgan fingerprint density at radius 1 is 0.291 bits per heavy atom. The van der Waals surface area contributed by atoms with Crippen molar-refractivity contribution in [3.63, 3.8) is 0 Å². The zero-order valence-electron chi connectivity index (χ0n) is 29.9. The number of furan rings is 1. The average molecular weight is 703 g/mol. The fourth-order valence-electron chi connectivity index (χ4n) is 7.52. The minimum absolute atomic E-state index is 0.585. The highest BCUT2D eigenvalue weighted by Crippen LogP contribution is 2.38. The van der Waals surface area contributed by atoms with Crippen LogP contribution in [0.3, 0.4) is 0 Å². The molecule has 0 aliphatic carbocycles. The van der Waals surface area contributed by atoms with Gasteiger partial charge in [0.05, 0.1) is 11.1 Å². The van der Waals surface area contributed by atoms with E-state index in [-0.39, 0.29) is 0 Å². The van der Waals surface area contributed by atoms with Crippen LogP contribution in [0.2, 0.25) is 0 Å². The maximum atomic E-state index is 6.31. The zero-order chi connectivity index (χ0) is 36.6. The summed E-state index contributed by atoms with van der Waals surface area (Å²) in [6, 6.07) is 72.6. The van der Waals surface area contributed by atoms with Crippen molar-refractivity contribution >= 4 is 22.1 Å². The predicted molar refractivity (Wildman–Crippen MR) is 227 cm³/mol. The summed E-state index contributed by atoms with van der Waals surface area (Å²) in [6.45, 7) is 0. The van der Waals surface area contributed by atoms with Gasteiger partial charge in [-0.2, -0.15) is 4.98 Å². The van der Waals surface area contributed by atoms with Crippen molar-refractivity contribution in [2.75, 3.05) is 0 Å². The number of hydrogen-bond donors (Lipinski definition) is 0. The molecule has 0 spiro atoms. The van der Waals surface area contributed by atoms with E-state index in [1.54, 1.807) is 0 Å². The Morgan fingerprint density at radius 2 is 0.691 bits per heavy atom. The van der Waals surface area contributed by atoms with Crippen LogP contribution >= 0.6 is 0 Å². The van der Waals surface area contributed by atoms with Crippen LogP contribution in [0.5, 0.6) is 0 Å². The van der Waals surface area contributed by atoms with E-state index in [0.29, 0.717) is 11.5 Å². The highest BCUT2D eigenvalue weighted by atomic mass is 16.3. The predicted octanol–water partition coefficient (Wildman–Crippen LogP) is 14.0. The number of rotatable bonds is 7. The first kappa shape index (κ1) is 32.3. The molecule has 3 heteroatoms. The Hall–Kier alpha value is -7.36. The van der Waals surface area contributed by atoms with Crippen LogP contribution in [0.15, 0.2) is 211 Å². The van der Waals surface area contributed by atoms with Crippen molar-refractivity contribution in [2.24, 2.45) is 0 Å². The van der Waals surface area contributed by atoms with E-state index in [4.69, 9.17) is 14.4 Å². The van der Waals surface area contributed by atoms with Gasteiger partial charge in [0.15, 0.2) is 5.82 Å². The summed E-state index contributed by atoms with van der Waals surface area (Å²) in [7, 11) is 0. The lowest BCUT2D eigenvalue weighted by Crippen LogP contribution is -1.94. The van der Waals surface area contributed by atoms with E-state index >= 15 is 0 Å². The fraction of sp³-hybridized carbons (Fsp3) is 0. The van der Waals surface area contributed by atoms with Crippen molar-refractivity contribution in [1.82, 2.24) is 9.97 Å². The van der Waals surface area contributed by atoms with Gasteiger partial charge in [0.1, 0.15) is 5.58 Å². The van der Waals surface area contributed by atoms with Gasteiger partial charge in [-0.3, -0.25) is 0 Å². The molecule has 0 saturated carbocycles. The van der Waals surface area contributed by atoms with E-state index in [2.05, 4.69) is 170 Å². The van der Waals surface area contributed by atoms with Gasteiger partial charge in [0, 0.05) is 16.5 Å². The molecule has 2 aromatic heterocycles. The second-order valence-electron chi connectivity index (χ2n) is 13.8. The first-order chi connectivity index (χ1) is 27.2. The van der Waals surface area contributed by atoms with Crippen LogP contribution in [-0.4, -0.2) is 9.97 Å². The fourth-order valence-corrected chi connectivity index (χ4v) is 7.52. The normalized spacial score (nSPS) is 11.3. The van der Waals surface area contributed by atoms with Gasteiger partial charge >= 0.3 is 0 Å². The van der Waals surface area contributed by atoms with Crippen LogP contribution in [0, 0.1) is 0 Å². The van der Waals surface area contributed by atoms with E-state index in [0.717, 1.165) is 55.4 Å². The second kappa shape index (κ2) is 13.9. The van der Waals surface area contributed by atoms with Gasteiger partial charge in [-0.1, -0.05) is 170 Å². The molecule has 2 heterocycles. The van der Waals surface area contributed by atoms with Gasteiger partial charge in [0.2, 0.25) is 5.71 Å². The Bertz CT molecular complexity index is 2950. The third kappa shape index (κ3) is 6.28. The molecule has 0 aliphatic heterocycles. The molecule has 3 nitrogen and oxygen atoms in total. The van der Waals surface area contributed by atoms with E-state index in [9.17, 15) is 0 Å². The summed E-state index contributed by atoms with van der Waals surface area (Å²) in [6.07, 6.45) is 0. The van der Waals surface area contributed by atoms with Gasteiger partial charge in [-0.15, -0.1) is 0 Å². The standard InChI is InChI=1S/C52H34N2O/c1-4-14-35(15-5-1)37-26-28-38(29-27-37)45-32-44(36-16-6-2-7-17-36)33-46(34-45)42-22-12-20-40(30-42)41-21-13-23-43(31-41)51-53-50(39-18-8-3-9-19-39)49-47-24-10-11-25-48(47)55-52(49)54-51/h1-34H. The number of fused-ring (bicyclic) bond motifs is 3. The largest absolute Gasteiger partial charge is 0.438 e. The molecule has 0 atom stereocenters. The minimum atomic E-state index is 0.585. The maximum absolute atomic E-state index is 6.31. The number of aromatic nitrogens is 2. The summed E-state index contributed by atoms with van der Waals surface area (Å²) in [5, 5.41) is 1.94. The molecular weight excluding hydrogens is 669 g/mol. The summed E-state index contributed by atoms with van der Waals surface area (Å²) < 4.78 is 6.31. The van der Waals surface area contributed by atoms with Crippen molar-refractivity contribution in [1.29, 1.82) is 0 Å². The van der Waals surface area contributed by atoms with Crippen LogP contribution < -0.4 is 0 Å². The molecule has 0 bridgehead atoms. The number of benzene rings is 8. The number of nitrogens with zero attached hydrogens (tertiary/aromatic N) is 2. The monoisotopic (exact) mass is 702 g/mol. The lowest BCUT2D eigenvalue weighted by atomic mass is 9.91. The third-order valence-electron chi connectivity index (χ3n) is 10.3.